The second-order valence-corrected chi connectivity index (χ2v) is 11.9. The molecule has 0 saturated carbocycles. The number of halogens is 1. The zero-order valence-electron chi connectivity index (χ0n) is 23.5. The SMILES string of the molecule is C.C1CCOC1.CCNC(=O)CCl.CCNC(=O)CSc1nc(-c2ccccc2)ns1.S=c1nc(-c2ccccc2)[nH]s1. The van der Waals surface area contributed by atoms with Crippen molar-refractivity contribution in [3.63, 3.8) is 0 Å². The van der Waals surface area contributed by atoms with E-state index in [1.54, 1.807) is 0 Å². The maximum Gasteiger partial charge on any atom is 0.234 e. The predicted octanol–water partition coefficient (Wildman–Crippen LogP) is 7.10. The molecule has 1 aliphatic heterocycles. The van der Waals surface area contributed by atoms with E-state index in [1.807, 2.05) is 74.5 Å². The summed E-state index contributed by atoms with van der Waals surface area (Å²) in [6, 6.07) is 19.7. The van der Waals surface area contributed by atoms with Crippen molar-refractivity contribution in [1.82, 2.24) is 29.3 Å². The number of aromatic nitrogens is 4. The summed E-state index contributed by atoms with van der Waals surface area (Å²) in [5, 5.41) is 5.28. The van der Waals surface area contributed by atoms with Gasteiger partial charge in [-0.15, -0.1) is 11.6 Å². The Balaban J connectivity index is 0.000000318. The number of benzene rings is 2. The molecule has 3 heterocycles. The van der Waals surface area contributed by atoms with Crippen LogP contribution in [0.1, 0.15) is 34.1 Å². The monoisotopic (exact) mass is 682 g/mol. The molecular weight excluding hydrogens is 644 g/mol. The zero-order chi connectivity index (χ0) is 30.4. The first-order chi connectivity index (χ1) is 20.5. The largest absolute Gasteiger partial charge is 0.381 e. The molecule has 1 fully saturated rings. The Kier molecular flexibility index (Phi) is 21.2. The van der Waals surface area contributed by atoms with E-state index < -0.39 is 0 Å². The highest BCUT2D eigenvalue weighted by atomic mass is 35.5. The van der Waals surface area contributed by atoms with Crippen LogP contribution < -0.4 is 10.6 Å². The number of nitrogens with zero attached hydrogens (tertiary/aromatic N) is 3. The average molecular weight is 683 g/mol. The van der Waals surface area contributed by atoms with Crippen LogP contribution in [-0.2, 0) is 14.3 Å². The summed E-state index contributed by atoms with van der Waals surface area (Å²) in [5.41, 5.74) is 2.07. The van der Waals surface area contributed by atoms with Crippen LogP contribution in [0.4, 0.5) is 0 Å². The van der Waals surface area contributed by atoms with E-state index >= 15 is 0 Å². The molecule has 9 nitrogen and oxygen atoms in total. The number of H-pyrrole nitrogens is 1. The minimum atomic E-state index is -0.107. The smallest absolute Gasteiger partial charge is 0.234 e. The highest BCUT2D eigenvalue weighted by Crippen LogP contribution is 2.24. The molecule has 1 aliphatic rings. The van der Waals surface area contributed by atoms with Gasteiger partial charge in [-0.3, -0.25) is 14.0 Å². The predicted molar refractivity (Wildman–Crippen MR) is 184 cm³/mol. The van der Waals surface area contributed by atoms with E-state index in [0.717, 1.165) is 40.3 Å². The van der Waals surface area contributed by atoms with Crippen LogP contribution >= 0.6 is 58.6 Å². The molecule has 4 aromatic rings. The van der Waals surface area contributed by atoms with E-state index in [-0.39, 0.29) is 25.1 Å². The number of alkyl halides is 1. The van der Waals surface area contributed by atoms with Crippen molar-refractivity contribution in [3.05, 3.63) is 64.6 Å². The second-order valence-electron chi connectivity index (χ2n) is 8.20. The number of carbonyl (C=O) groups excluding carboxylic acids is 2. The van der Waals surface area contributed by atoms with Gasteiger partial charge in [0.15, 0.2) is 14.1 Å². The van der Waals surface area contributed by atoms with Crippen LogP contribution in [0.25, 0.3) is 22.8 Å². The number of ether oxygens (including phenoxy) is 1. The van der Waals surface area contributed by atoms with Crippen LogP contribution in [0.3, 0.4) is 0 Å². The minimum Gasteiger partial charge on any atom is -0.381 e. The Bertz CT molecular complexity index is 1340. The van der Waals surface area contributed by atoms with Gasteiger partial charge in [0.05, 0.1) is 5.75 Å². The van der Waals surface area contributed by atoms with Crippen molar-refractivity contribution in [2.45, 2.75) is 38.5 Å². The van der Waals surface area contributed by atoms with Crippen molar-refractivity contribution in [3.8, 4) is 22.8 Å². The van der Waals surface area contributed by atoms with Gasteiger partial charge in [-0.25, -0.2) is 9.97 Å². The third kappa shape index (κ3) is 16.7. The first-order valence-corrected chi connectivity index (χ1v) is 16.8. The normalized spacial score (nSPS) is 11.2. The Labute approximate surface area is 276 Å². The van der Waals surface area contributed by atoms with E-state index in [0.29, 0.717) is 22.8 Å². The summed E-state index contributed by atoms with van der Waals surface area (Å²) in [5.74, 6) is 1.94. The lowest BCUT2D eigenvalue weighted by atomic mass is 10.2. The summed E-state index contributed by atoms with van der Waals surface area (Å²) in [6.45, 7) is 7.07. The lowest BCUT2D eigenvalue weighted by Crippen LogP contribution is -2.24. The van der Waals surface area contributed by atoms with E-state index in [2.05, 4.69) is 29.3 Å². The summed E-state index contributed by atoms with van der Waals surface area (Å²) < 4.78 is 13.7. The van der Waals surface area contributed by atoms with Crippen molar-refractivity contribution in [2.75, 3.05) is 37.9 Å². The van der Waals surface area contributed by atoms with Crippen LogP contribution in [0.2, 0.25) is 0 Å². The summed E-state index contributed by atoms with van der Waals surface area (Å²) in [4.78, 5) is 30.0. The molecule has 0 spiro atoms. The maximum atomic E-state index is 11.3. The van der Waals surface area contributed by atoms with Gasteiger partial charge >= 0.3 is 0 Å². The van der Waals surface area contributed by atoms with Crippen molar-refractivity contribution < 1.29 is 14.3 Å². The van der Waals surface area contributed by atoms with E-state index in [1.165, 1.54) is 47.7 Å². The number of nitrogens with one attached hydrogen (secondary N) is 3. The molecule has 2 amide bonds. The Morgan fingerprint density at radius 1 is 0.953 bits per heavy atom. The van der Waals surface area contributed by atoms with E-state index in [4.69, 9.17) is 28.6 Å². The van der Waals surface area contributed by atoms with E-state index in [9.17, 15) is 9.59 Å². The molecule has 0 bridgehead atoms. The van der Waals surface area contributed by atoms with Gasteiger partial charge in [0.25, 0.3) is 0 Å². The summed E-state index contributed by atoms with van der Waals surface area (Å²) in [7, 11) is 0. The maximum absolute atomic E-state index is 11.3. The number of amides is 2. The van der Waals surface area contributed by atoms with Crippen LogP contribution in [-0.4, -0.2) is 68.5 Å². The van der Waals surface area contributed by atoms with Crippen LogP contribution in [0.15, 0.2) is 65.0 Å². The molecule has 0 atom stereocenters. The lowest BCUT2D eigenvalue weighted by molar-refractivity contribution is -0.119. The van der Waals surface area contributed by atoms with Crippen molar-refractivity contribution >= 4 is 70.5 Å². The summed E-state index contributed by atoms with van der Waals surface area (Å²) in [6.07, 6.45) is 2.56. The molecule has 0 radical (unpaired) electrons. The third-order valence-electron chi connectivity index (χ3n) is 4.95. The van der Waals surface area contributed by atoms with Gasteiger partial charge in [-0.2, -0.15) is 4.37 Å². The fourth-order valence-electron chi connectivity index (χ4n) is 3.05. The topological polar surface area (TPSA) is 122 Å². The number of rotatable bonds is 8. The number of thioether (sulfide) groups is 1. The fourth-order valence-corrected chi connectivity index (χ4v) is 5.29. The molecule has 14 heteroatoms. The minimum absolute atomic E-state index is 0. The third-order valence-corrected chi connectivity index (χ3v) is 7.93. The van der Waals surface area contributed by atoms with Crippen LogP contribution in [0, 0.1) is 3.95 Å². The highest BCUT2D eigenvalue weighted by Gasteiger charge is 2.08. The van der Waals surface area contributed by atoms with Gasteiger partial charge in [0, 0.05) is 37.4 Å². The van der Waals surface area contributed by atoms with Gasteiger partial charge in [0.2, 0.25) is 11.8 Å². The Morgan fingerprint density at radius 3 is 2.00 bits per heavy atom. The van der Waals surface area contributed by atoms with Gasteiger partial charge in [0.1, 0.15) is 11.7 Å². The first kappa shape index (κ1) is 38.3. The van der Waals surface area contributed by atoms with Crippen molar-refractivity contribution in [1.29, 1.82) is 0 Å². The number of hydrogen-bond donors (Lipinski definition) is 3. The van der Waals surface area contributed by atoms with Crippen molar-refractivity contribution in [2.24, 2.45) is 0 Å². The summed E-state index contributed by atoms with van der Waals surface area (Å²) >= 11 is 14.1. The molecule has 43 heavy (non-hydrogen) atoms. The molecule has 0 aliphatic carbocycles. The first-order valence-electron chi connectivity index (χ1n) is 13.3. The highest BCUT2D eigenvalue weighted by molar-refractivity contribution is 8.01. The second kappa shape index (κ2) is 23.7. The molecule has 2 aromatic carbocycles. The van der Waals surface area contributed by atoms with Crippen LogP contribution in [0.5, 0.6) is 0 Å². The fraction of sp³-hybridized carbons (Fsp3) is 0.379. The standard InChI is InChI=1S/C12H13N3OS2.C8H6N2S2.C4H8ClNO.C4H8O.CH4/c1-2-13-10(16)8-17-12-14-11(15-18-12)9-6-4-3-5-7-9;11-8-9-7(10-12-8)6-4-2-1-3-5-6;1-2-6-4(7)3-5;1-2-4-5-3-1;/h3-7H,2,8H2,1H3,(H,13,16);1-5H,(H,9,10,11);2-3H2,1H3,(H,6,7);1-4H2;1H4. The molecule has 3 N–H and O–H groups in total. The van der Waals surface area contributed by atoms with Gasteiger partial charge in [-0.1, -0.05) is 79.9 Å². The number of carbonyl (C=O) groups is 2. The molecule has 5 rings (SSSR count). The van der Waals surface area contributed by atoms with Gasteiger partial charge in [-0.05, 0) is 62.0 Å². The average Bonchev–Trinajstić information content (AvgIpc) is 3.83. The number of aromatic amines is 1. The quantitative estimate of drug-likeness (QED) is 0.102. The molecule has 2 aromatic heterocycles. The van der Waals surface area contributed by atoms with Gasteiger partial charge < -0.3 is 15.4 Å². The number of hydrogen-bond acceptors (Lipinski definition) is 10. The molecule has 0 unspecified atom stereocenters. The zero-order valence-corrected chi connectivity index (χ0v) is 27.5. The Morgan fingerprint density at radius 2 is 1.53 bits per heavy atom. The molecule has 1 saturated heterocycles. The Hall–Kier alpha value is -2.68. The lowest BCUT2D eigenvalue weighted by Gasteiger charge is -1.98. The molecule has 234 valence electrons. The molecular formula is C29H39ClN6O3S4.